The second kappa shape index (κ2) is 6.45. The second-order valence-electron chi connectivity index (χ2n) is 5.07. The number of amides is 1. The van der Waals surface area contributed by atoms with Crippen LogP contribution in [0.4, 0.5) is 0 Å². The molecule has 5 nitrogen and oxygen atoms in total. The van der Waals surface area contributed by atoms with Gasteiger partial charge in [-0.3, -0.25) is 9.89 Å². The smallest absolute Gasteiger partial charge is 0.291 e. The predicted molar refractivity (Wildman–Crippen MR) is 82.8 cm³/mol. The molecule has 2 N–H and O–H groups in total. The average Bonchev–Trinajstić information content (AvgIpc) is 2.91. The van der Waals surface area contributed by atoms with Crippen molar-refractivity contribution < 1.29 is 4.79 Å². The zero-order valence-electron chi connectivity index (χ0n) is 11.9. The Labute approximate surface area is 133 Å². The molecule has 1 atom stereocenters. The number of nitrogens with one attached hydrogen (secondary N) is 2. The monoisotopic (exact) mass is 326 g/mol. The van der Waals surface area contributed by atoms with Crippen LogP contribution in [-0.4, -0.2) is 21.1 Å². The van der Waals surface area contributed by atoms with Crippen LogP contribution in [0.1, 0.15) is 54.7 Å². The number of aromatic nitrogens is 3. The van der Waals surface area contributed by atoms with Crippen molar-refractivity contribution in [2.75, 3.05) is 0 Å². The minimum absolute atomic E-state index is 0.130. The zero-order chi connectivity index (χ0) is 15.6. The lowest BCUT2D eigenvalue weighted by atomic mass is 10.1. The molecule has 0 saturated carbocycles. The van der Waals surface area contributed by atoms with E-state index >= 15 is 0 Å². The number of nitrogens with zero attached hydrogens (tertiary/aromatic N) is 2. The van der Waals surface area contributed by atoms with Gasteiger partial charge in [0.25, 0.3) is 5.91 Å². The molecule has 112 valence electrons. The summed E-state index contributed by atoms with van der Waals surface area (Å²) in [5.41, 5.74) is 0.859. The van der Waals surface area contributed by atoms with E-state index in [0.29, 0.717) is 15.9 Å². The molecule has 0 spiro atoms. The van der Waals surface area contributed by atoms with Gasteiger partial charge in [0.1, 0.15) is 5.82 Å². The lowest BCUT2D eigenvalue weighted by Crippen LogP contribution is -2.27. The molecule has 7 heteroatoms. The molecule has 0 saturated heterocycles. The summed E-state index contributed by atoms with van der Waals surface area (Å²) >= 11 is 11.9. The van der Waals surface area contributed by atoms with Crippen LogP contribution in [0.5, 0.6) is 0 Å². The van der Waals surface area contributed by atoms with Gasteiger partial charge in [-0.05, 0) is 24.6 Å². The Morgan fingerprint density at radius 1 is 1.24 bits per heavy atom. The number of rotatable bonds is 4. The summed E-state index contributed by atoms with van der Waals surface area (Å²) in [7, 11) is 0. The summed E-state index contributed by atoms with van der Waals surface area (Å²) in [4.78, 5) is 16.3. The number of halogens is 2. The topological polar surface area (TPSA) is 70.7 Å². The van der Waals surface area contributed by atoms with Crippen LogP contribution < -0.4 is 5.32 Å². The van der Waals surface area contributed by atoms with Crippen molar-refractivity contribution in [3.05, 3.63) is 45.5 Å². The van der Waals surface area contributed by atoms with Gasteiger partial charge in [0.05, 0.1) is 16.1 Å². The Hall–Kier alpha value is -1.59. The first-order valence-electron chi connectivity index (χ1n) is 6.56. The fourth-order valence-electron chi connectivity index (χ4n) is 1.76. The molecule has 0 bridgehead atoms. The van der Waals surface area contributed by atoms with E-state index in [2.05, 4.69) is 20.5 Å². The number of hydrogen-bond donors (Lipinski definition) is 2. The van der Waals surface area contributed by atoms with Crippen molar-refractivity contribution in [2.45, 2.75) is 32.7 Å². The van der Waals surface area contributed by atoms with E-state index in [9.17, 15) is 4.79 Å². The quantitative estimate of drug-likeness (QED) is 0.899. The highest BCUT2D eigenvalue weighted by Crippen LogP contribution is 2.25. The number of carbonyl (C=O) groups is 1. The van der Waals surface area contributed by atoms with E-state index in [-0.39, 0.29) is 23.7 Å². The van der Waals surface area contributed by atoms with Crippen molar-refractivity contribution in [1.29, 1.82) is 0 Å². The van der Waals surface area contributed by atoms with Crippen molar-refractivity contribution in [3.63, 3.8) is 0 Å². The number of carbonyl (C=O) groups excluding carboxylic acids is 1. The molecule has 1 unspecified atom stereocenters. The Morgan fingerprint density at radius 2 is 1.95 bits per heavy atom. The number of aromatic amines is 1. The average molecular weight is 327 g/mol. The van der Waals surface area contributed by atoms with Gasteiger partial charge in [-0.25, -0.2) is 4.98 Å². The van der Waals surface area contributed by atoms with Crippen LogP contribution in [-0.2, 0) is 0 Å². The largest absolute Gasteiger partial charge is 0.343 e. The molecule has 1 aromatic carbocycles. The second-order valence-corrected chi connectivity index (χ2v) is 5.88. The van der Waals surface area contributed by atoms with Crippen molar-refractivity contribution in [3.8, 4) is 0 Å². The third-order valence-electron chi connectivity index (χ3n) is 3.04. The first-order chi connectivity index (χ1) is 9.88. The molecule has 0 radical (unpaired) electrons. The van der Waals surface area contributed by atoms with Crippen molar-refractivity contribution >= 4 is 29.1 Å². The molecule has 0 aliphatic carbocycles. The van der Waals surface area contributed by atoms with Gasteiger partial charge in [0.15, 0.2) is 0 Å². The minimum atomic E-state index is -0.336. The number of hydrogen-bond acceptors (Lipinski definition) is 3. The Kier molecular flexibility index (Phi) is 4.85. The highest BCUT2D eigenvalue weighted by atomic mass is 35.5. The molecule has 21 heavy (non-hydrogen) atoms. The Balaban J connectivity index is 2.08. The van der Waals surface area contributed by atoms with E-state index in [4.69, 9.17) is 23.2 Å². The van der Waals surface area contributed by atoms with Gasteiger partial charge < -0.3 is 5.32 Å². The SMILES string of the molecule is CC(C)c1nc(C(=O)NC(C)c2ccc(Cl)c(Cl)c2)n[nH]1. The Morgan fingerprint density at radius 3 is 2.52 bits per heavy atom. The van der Waals surface area contributed by atoms with E-state index in [1.54, 1.807) is 12.1 Å². The molecule has 2 rings (SSSR count). The summed E-state index contributed by atoms with van der Waals surface area (Å²) in [5.74, 6) is 0.663. The van der Waals surface area contributed by atoms with Gasteiger partial charge in [-0.2, -0.15) is 0 Å². The summed E-state index contributed by atoms with van der Waals surface area (Å²) in [5, 5.41) is 10.4. The lowest BCUT2D eigenvalue weighted by Gasteiger charge is -2.13. The van der Waals surface area contributed by atoms with Crippen LogP contribution in [0.3, 0.4) is 0 Å². The molecular weight excluding hydrogens is 311 g/mol. The highest BCUT2D eigenvalue weighted by molar-refractivity contribution is 6.42. The molecule has 2 aromatic rings. The molecule has 1 aromatic heterocycles. The summed E-state index contributed by atoms with van der Waals surface area (Å²) < 4.78 is 0. The maximum Gasteiger partial charge on any atom is 0.291 e. The highest BCUT2D eigenvalue weighted by Gasteiger charge is 2.17. The Bertz CT molecular complexity index is 654. The third kappa shape index (κ3) is 3.74. The first-order valence-corrected chi connectivity index (χ1v) is 7.32. The molecule has 0 aliphatic rings. The fraction of sp³-hybridized carbons (Fsp3) is 0.357. The first kappa shape index (κ1) is 15.8. The van der Waals surface area contributed by atoms with E-state index in [0.717, 1.165) is 5.56 Å². The zero-order valence-corrected chi connectivity index (χ0v) is 13.5. The van der Waals surface area contributed by atoms with Crippen LogP contribution in [0, 0.1) is 0 Å². The summed E-state index contributed by atoms with van der Waals surface area (Å²) in [6, 6.07) is 5.02. The minimum Gasteiger partial charge on any atom is -0.343 e. The normalized spacial score (nSPS) is 12.5. The molecule has 0 fully saturated rings. The molecular formula is C14H16Cl2N4O. The van der Waals surface area contributed by atoms with Crippen molar-refractivity contribution in [1.82, 2.24) is 20.5 Å². The van der Waals surface area contributed by atoms with Gasteiger partial charge >= 0.3 is 0 Å². The van der Waals surface area contributed by atoms with E-state index in [1.807, 2.05) is 26.8 Å². The van der Waals surface area contributed by atoms with Crippen LogP contribution in [0.15, 0.2) is 18.2 Å². The van der Waals surface area contributed by atoms with E-state index < -0.39 is 0 Å². The number of H-pyrrole nitrogens is 1. The van der Waals surface area contributed by atoms with Gasteiger partial charge in [0.2, 0.25) is 5.82 Å². The van der Waals surface area contributed by atoms with Crippen LogP contribution >= 0.6 is 23.2 Å². The van der Waals surface area contributed by atoms with Crippen molar-refractivity contribution in [2.24, 2.45) is 0 Å². The molecule has 0 aliphatic heterocycles. The van der Waals surface area contributed by atoms with Crippen LogP contribution in [0.25, 0.3) is 0 Å². The van der Waals surface area contributed by atoms with E-state index in [1.165, 1.54) is 0 Å². The third-order valence-corrected chi connectivity index (χ3v) is 3.78. The molecule has 1 amide bonds. The predicted octanol–water partition coefficient (Wildman–Crippen LogP) is 3.73. The summed E-state index contributed by atoms with van der Waals surface area (Å²) in [6.45, 7) is 5.80. The lowest BCUT2D eigenvalue weighted by molar-refractivity contribution is 0.0929. The fourth-order valence-corrected chi connectivity index (χ4v) is 2.07. The maximum atomic E-state index is 12.1. The van der Waals surface area contributed by atoms with Gasteiger partial charge in [0, 0.05) is 5.92 Å². The van der Waals surface area contributed by atoms with Crippen LogP contribution in [0.2, 0.25) is 10.0 Å². The molecule has 1 heterocycles. The summed E-state index contributed by atoms with van der Waals surface area (Å²) in [6.07, 6.45) is 0. The van der Waals surface area contributed by atoms with Gasteiger partial charge in [-0.15, -0.1) is 5.10 Å². The maximum absolute atomic E-state index is 12.1. The number of benzene rings is 1. The van der Waals surface area contributed by atoms with Gasteiger partial charge in [-0.1, -0.05) is 43.1 Å². The standard InChI is InChI=1S/C14H16Cl2N4O/c1-7(2)12-18-13(20-19-12)14(21)17-8(3)9-4-5-10(15)11(16)6-9/h4-8H,1-3H3,(H,17,21)(H,18,19,20).